The van der Waals surface area contributed by atoms with Gasteiger partial charge in [-0.15, -0.1) is 0 Å². The van der Waals surface area contributed by atoms with Gasteiger partial charge in [-0.25, -0.2) is 0 Å². The molecule has 0 aromatic carbocycles. The quantitative estimate of drug-likeness (QED) is 0.267. The van der Waals surface area contributed by atoms with Crippen LogP contribution >= 0.6 is 0 Å². The molecular formula is C38H76Si4. The number of rotatable bonds is 4. The van der Waals surface area contributed by atoms with Crippen molar-refractivity contribution in [3.8, 4) is 0 Å². The topological polar surface area (TPSA) is 0 Å². The Hall–Kier alpha value is 0.868. The zero-order valence-corrected chi connectivity index (χ0v) is 37.4. The van der Waals surface area contributed by atoms with Gasteiger partial charge in [0.05, 0.1) is 32.3 Å². The molecule has 42 heavy (non-hydrogen) atoms. The minimum atomic E-state index is -1.13. The van der Waals surface area contributed by atoms with Crippen molar-refractivity contribution >= 4 is 32.3 Å². The van der Waals surface area contributed by atoms with Crippen molar-refractivity contribution in [2.24, 2.45) is 43.3 Å². The first-order valence-corrected chi connectivity index (χ1v) is 31.9. The Morgan fingerprint density at radius 1 is 0.333 bits per heavy atom. The van der Waals surface area contributed by atoms with E-state index in [-0.39, 0.29) is 0 Å². The van der Waals surface area contributed by atoms with Gasteiger partial charge in [0, 0.05) is 0 Å². The van der Waals surface area contributed by atoms with Crippen LogP contribution in [0.2, 0.25) is 98.7 Å². The highest BCUT2D eigenvalue weighted by Gasteiger charge is 3.25. The molecule has 8 aliphatic carbocycles. The summed E-state index contributed by atoms with van der Waals surface area (Å²) in [5.74, 6) is 0. The average molecular weight is 645 g/mol. The SMILES string of the molecule is CC(C)(C)C12CC3(C(C)(C)C)C1(C(C)(C)C)C23C(C)(C)C.C[Si](C)(C)C12CC3([Si](C)(C)C)C1([Si](C)(C)C)C23[Si](C)(C)C. The first-order valence-electron chi connectivity index (χ1n) is 17.9. The van der Waals surface area contributed by atoms with Crippen LogP contribution in [0, 0.1) is 43.3 Å². The zero-order valence-electron chi connectivity index (χ0n) is 33.4. The minimum Gasteiger partial charge on any atom is -0.0691 e. The van der Waals surface area contributed by atoms with Crippen LogP contribution in [0.4, 0.5) is 0 Å². The lowest BCUT2D eigenvalue weighted by Gasteiger charge is -2.71. The summed E-state index contributed by atoms with van der Waals surface area (Å²) in [5.41, 5.74) is 3.87. The van der Waals surface area contributed by atoms with Crippen LogP contribution in [0.5, 0.6) is 0 Å². The molecule has 0 atom stereocenters. The second-order valence-electron chi connectivity index (χ2n) is 25.0. The second-order valence-corrected chi connectivity index (χ2v) is 46.2. The first-order chi connectivity index (χ1) is 17.9. The third-order valence-corrected chi connectivity index (χ3v) is 31.9. The van der Waals surface area contributed by atoms with Gasteiger partial charge in [0.1, 0.15) is 0 Å². The lowest BCUT2D eigenvalue weighted by molar-refractivity contribution is -0.240. The summed E-state index contributed by atoms with van der Waals surface area (Å²) in [4.78, 5) is 0. The van der Waals surface area contributed by atoms with Crippen LogP contribution in [0.1, 0.15) is 95.9 Å². The molecular weight excluding hydrogens is 569 g/mol. The van der Waals surface area contributed by atoms with Gasteiger partial charge in [-0.1, -0.05) is 162 Å². The molecule has 8 fully saturated rings. The van der Waals surface area contributed by atoms with Crippen molar-refractivity contribution in [3.05, 3.63) is 0 Å². The van der Waals surface area contributed by atoms with E-state index in [0.29, 0.717) is 43.3 Å². The van der Waals surface area contributed by atoms with Crippen LogP contribution < -0.4 is 0 Å². The highest BCUT2D eigenvalue weighted by Crippen LogP contribution is 3.39. The molecule has 0 unspecified atom stereocenters. The minimum absolute atomic E-state index is 0.402. The molecule has 0 N–H and O–H groups in total. The largest absolute Gasteiger partial charge is 0.0691 e. The van der Waals surface area contributed by atoms with Crippen LogP contribution in [0.25, 0.3) is 0 Å². The van der Waals surface area contributed by atoms with E-state index in [1.807, 2.05) is 0 Å². The molecule has 8 saturated carbocycles. The second kappa shape index (κ2) is 7.15. The van der Waals surface area contributed by atoms with Crippen LogP contribution in [0.15, 0.2) is 0 Å². The van der Waals surface area contributed by atoms with E-state index in [4.69, 9.17) is 0 Å². The first kappa shape index (κ1) is 34.2. The fourth-order valence-corrected chi connectivity index (χ4v) is 47.3. The molecule has 0 nitrogen and oxygen atoms in total. The predicted octanol–water partition coefficient (Wildman–Crippen LogP) is 13.3. The zero-order chi connectivity index (χ0) is 33.4. The molecule has 0 aromatic rings. The van der Waals surface area contributed by atoms with Crippen molar-refractivity contribution in [3.63, 3.8) is 0 Å². The van der Waals surface area contributed by atoms with Crippen LogP contribution in [-0.2, 0) is 0 Å². The Morgan fingerprint density at radius 2 is 0.571 bits per heavy atom. The standard InChI is InChI=1S/C21H38.C17H38Si4/c1-14(2,3)18-13-19(15(4,5)6)20(18,16(7,8)9)21(18,19)17(10,11)12;1-18(2,3)14-13-15(19(4,5)6)16(14,20(7,8)9)17(14,15)21(10,11)12/h2*13H2,1-12H3. The molecule has 0 spiro atoms. The van der Waals surface area contributed by atoms with Gasteiger partial charge < -0.3 is 0 Å². The van der Waals surface area contributed by atoms with Crippen molar-refractivity contribution in [1.82, 2.24) is 0 Å². The van der Waals surface area contributed by atoms with E-state index in [1.54, 1.807) is 6.42 Å². The molecule has 0 heterocycles. The molecule has 0 saturated heterocycles. The molecule has 0 aromatic heterocycles. The smallest absolute Gasteiger partial charge is 0.0516 e. The highest BCUT2D eigenvalue weighted by molar-refractivity contribution is 7.07. The maximum absolute atomic E-state index is 2.73. The molecule has 4 bridgehead atoms. The number of hydrogen-bond donors (Lipinski definition) is 0. The van der Waals surface area contributed by atoms with Gasteiger partial charge in [-0.2, -0.15) is 0 Å². The molecule has 244 valence electrons. The van der Waals surface area contributed by atoms with E-state index >= 15 is 0 Å². The maximum atomic E-state index is 2.73. The number of hydrogen-bond acceptors (Lipinski definition) is 0. The Kier molecular flexibility index (Phi) is 5.83. The summed E-state index contributed by atoms with van der Waals surface area (Å²) in [6.45, 7) is 62.8. The van der Waals surface area contributed by atoms with E-state index in [0.717, 1.165) is 20.2 Å². The third kappa shape index (κ3) is 2.33. The molecule has 0 aliphatic heterocycles. The Bertz CT molecular complexity index is 1010. The van der Waals surface area contributed by atoms with E-state index < -0.39 is 32.3 Å². The molecule has 0 amide bonds. The van der Waals surface area contributed by atoms with E-state index in [9.17, 15) is 0 Å². The van der Waals surface area contributed by atoms with Crippen molar-refractivity contribution in [1.29, 1.82) is 0 Å². The third-order valence-electron chi connectivity index (χ3n) is 16.7. The van der Waals surface area contributed by atoms with Gasteiger partial charge >= 0.3 is 0 Å². The van der Waals surface area contributed by atoms with E-state index in [2.05, 4.69) is 162 Å². The van der Waals surface area contributed by atoms with Gasteiger partial charge in [-0.3, -0.25) is 0 Å². The fraction of sp³-hybridized carbons (Fsp3) is 1.00. The Labute approximate surface area is 269 Å². The van der Waals surface area contributed by atoms with Crippen molar-refractivity contribution in [2.45, 2.75) is 195 Å². The molecule has 8 rings (SSSR count). The van der Waals surface area contributed by atoms with Gasteiger partial charge in [0.25, 0.3) is 0 Å². The van der Waals surface area contributed by atoms with Gasteiger partial charge in [0.15, 0.2) is 0 Å². The van der Waals surface area contributed by atoms with Crippen LogP contribution in [0.3, 0.4) is 0 Å². The Morgan fingerprint density at radius 3 is 0.714 bits per heavy atom. The summed E-state index contributed by atoms with van der Waals surface area (Å²) in [6, 6.07) is 0. The fourth-order valence-electron chi connectivity index (χ4n) is 18.2. The summed E-state index contributed by atoms with van der Waals surface area (Å²) >= 11 is 0. The normalized spacial score (nSPS) is 48.6. The predicted molar refractivity (Wildman–Crippen MR) is 201 cm³/mol. The monoisotopic (exact) mass is 645 g/mol. The molecule has 4 heteroatoms. The van der Waals surface area contributed by atoms with Gasteiger partial charge in [0.2, 0.25) is 0 Å². The summed E-state index contributed by atoms with van der Waals surface area (Å²) in [6.07, 6.45) is 3.11. The lowest BCUT2D eigenvalue weighted by atomic mass is 9.32. The van der Waals surface area contributed by atoms with Crippen molar-refractivity contribution < 1.29 is 0 Å². The maximum Gasteiger partial charge on any atom is 0.0516 e. The Balaban J connectivity index is 0.000000168. The lowest BCUT2D eigenvalue weighted by Crippen LogP contribution is -2.66. The molecule has 8 aliphatic rings. The van der Waals surface area contributed by atoms with Crippen LogP contribution in [-0.4, -0.2) is 32.3 Å². The highest BCUT2D eigenvalue weighted by atomic mass is 28.3. The summed E-state index contributed by atoms with van der Waals surface area (Å²) in [7, 11) is -4.45. The summed E-state index contributed by atoms with van der Waals surface area (Å²) < 4.78 is 0. The average Bonchev–Trinajstić information content (AvgIpc) is 3.42. The summed E-state index contributed by atoms with van der Waals surface area (Å²) in [5, 5.41) is 3.48. The van der Waals surface area contributed by atoms with Gasteiger partial charge in [-0.05, 0) is 76.3 Å². The molecule has 0 radical (unpaired) electrons. The van der Waals surface area contributed by atoms with Crippen molar-refractivity contribution in [2.75, 3.05) is 0 Å². The van der Waals surface area contributed by atoms with E-state index in [1.165, 1.54) is 6.42 Å².